The normalized spacial score (nSPS) is 30.1. The maximum absolute atomic E-state index is 6.07. The SMILES string of the molecule is c1ccc2c(c1)CCC[C@@]21CNCCO1. The minimum absolute atomic E-state index is 0.0207. The minimum Gasteiger partial charge on any atom is -0.368 e. The molecule has 2 nitrogen and oxygen atoms in total. The van der Waals surface area contributed by atoms with Gasteiger partial charge in [-0.25, -0.2) is 0 Å². The molecular weight excluding hydrogens is 186 g/mol. The molecule has 80 valence electrons. The van der Waals surface area contributed by atoms with Gasteiger partial charge in [-0.3, -0.25) is 0 Å². The van der Waals surface area contributed by atoms with E-state index in [4.69, 9.17) is 4.74 Å². The molecule has 1 N–H and O–H groups in total. The fraction of sp³-hybridized carbons (Fsp3) is 0.538. The van der Waals surface area contributed by atoms with Crippen molar-refractivity contribution in [3.8, 4) is 0 Å². The van der Waals surface area contributed by atoms with E-state index in [0.29, 0.717) is 0 Å². The molecule has 0 bridgehead atoms. The molecule has 0 amide bonds. The van der Waals surface area contributed by atoms with Crippen molar-refractivity contribution in [2.24, 2.45) is 0 Å². The van der Waals surface area contributed by atoms with E-state index in [1.165, 1.54) is 24.0 Å². The second-order valence-electron chi connectivity index (χ2n) is 4.53. The molecule has 1 aliphatic carbocycles. The molecule has 1 spiro atoms. The lowest BCUT2D eigenvalue weighted by molar-refractivity contribution is -0.0819. The molecule has 0 aromatic heterocycles. The minimum atomic E-state index is -0.0207. The fourth-order valence-corrected chi connectivity index (χ4v) is 2.88. The number of hydrogen-bond donors (Lipinski definition) is 1. The van der Waals surface area contributed by atoms with Crippen molar-refractivity contribution in [3.05, 3.63) is 35.4 Å². The van der Waals surface area contributed by atoms with Crippen LogP contribution < -0.4 is 5.32 Å². The van der Waals surface area contributed by atoms with Gasteiger partial charge in [0, 0.05) is 13.1 Å². The Kier molecular flexibility index (Phi) is 2.26. The van der Waals surface area contributed by atoms with Crippen LogP contribution in [0.25, 0.3) is 0 Å². The van der Waals surface area contributed by atoms with Crippen molar-refractivity contribution in [1.82, 2.24) is 5.32 Å². The number of hydrogen-bond acceptors (Lipinski definition) is 2. The van der Waals surface area contributed by atoms with Gasteiger partial charge >= 0.3 is 0 Å². The van der Waals surface area contributed by atoms with E-state index in [2.05, 4.69) is 29.6 Å². The van der Waals surface area contributed by atoms with E-state index in [-0.39, 0.29) is 5.60 Å². The van der Waals surface area contributed by atoms with E-state index < -0.39 is 0 Å². The summed E-state index contributed by atoms with van der Waals surface area (Å²) in [5.41, 5.74) is 2.88. The molecule has 0 unspecified atom stereocenters. The van der Waals surface area contributed by atoms with Crippen molar-refractivity contribution < 1.29 is 4.74 Å². The summed E-state index contributed by atoms with van der Waals surface area (Å²) in [6.45, 7) is 2.81. The number of ether oxygens (including phenoxy) is 1. The first-order valence-electron chi connectivity index (χ1n) is 5.84. The Morgan fingerprint density at radius 2 is 2.20 bits per heavy atom. The summed E-state index contributed by atoms with van der Waals surface area (Å²) < 4.78 is 6.07. The molecule has 2 aliphatic rings. The molecule has 3 rings (SSSR count). The van der Waals surface area contributed by atoms with E-state index in [0.717, 1.165) is 26.1 Å². The number of aryl methyl sites for hydroxylation is 1. The van der Waals surface area contributed by atoms with Crippen molar-refractivity contribution in [1.29, 1.82) is 0 Å². The largest absolute Gasteiger partial charge is 0.368 e. The van der Waals surface area contributed by atoms with Gasteiger partial charge in [-0.2, -0.15) is 0 Å². The second-order valence-corrected chi connectivity index (χ2v) is 4.53. The summed E-state index contributed by atoms with van der Waals surface area (Å²) in [6, 6.07) is 8.74. The highest BCUT2D eigenvalue weighted by atomic mass is 16.5. The van der Waals surface area contributed by atoms with Crippen LogP contribution in [-0.2, 0) is 16.8 Å². The first-order valence-corrected chi connectivity index (χ1v) is 5.84. The topological polar surface area (TPSA) is 21.3 Å². The maximum atomic E-state index is 6.07. The lowest BCUT2D eigenvalue weighted by Crippen LogP contribution is -2.49. The van der Waals surface area contributed by atoms with Crippen LogP contribution >= 0.6 is 0 Å². The molecule has 1 saturated heterocycles. The van der Waals surface area contributed by atoms with E-state index in [9.17, 15) is 0 Å². The van der Waals surface area contributed by atoms with Crippen LogP contribution in [0.3, 0.4) is 0 Å². The Hall–Kier alpha value is -0.860. The Balaban J connectivity index is 2.04. The highest BCUT2D eigenvalue weighted by Crippen LogP contribution is 2.38. The van der Waals surface area contributed by atoms with Gasteiger partial charge in [0.15, 0.2) is 0 Å². The number of rotatable bonds is 0. The van der Waals surface area contributed by atoms with Crippen LogP contribution in [0.5, 0.6) is 0 Å². The quantitative estimate of drug-likeness (QED) is 0.694. The molecule has 1 aromatic carbocycles. The zero-order valence-corrected chi connectivity index (χ0v) is 8.96. The summed E-state index contributed by atoms with van der Waals surface area (Å²) in [7, 11) is 0. The molecule has 0 saturated carbocycles. The molecule has 15 heavy (non-hydrogen) atoms. The van der Waals surface area contributed by atoms with Gasteiger partial charge in [0.25, 0.3) is 0 Å². The van der Waals surface area contributed by atoms with Gasteiger partial charge in [0.05, 0.1) is 6.61 Å². The maximum Gasteiger partial charge on any atom is 0.106 e. The Morgan fingerprint density at radius 3 is 3.07 bits per heavy atom. The number of fused-ring (bicyclic) bond motifs is 2. The van der Waals surface area contributed by atoms with Gasteiger partial charge in [-0.15, -0.1) is 0 Å². The average Bonchev–Trinajstić information content (AvgIpc) is 2.31. The van der Waals surface area contributed by atoms with E-state index in [1.807, 2.05) is 0 Å². The number of benzene rings is 1. The van der Waals surface area contributed by atoms with Crippen LogP contribution in [0.15, 0.2) is 24.3 Å². The lowest BCUT2D eigenvalue weighted by Gasteiger charge is -2.42. The first kappa shape index (κ1) is 9.37. The molecule has 1 atom stereocenters. The first-order chi connectivity index (χ1) is 7.41. The van der Waals surface area contributed by atoms with Crippen LogP contribution in [0, 0.1) is 0 Å². The molecule has 2 heteroatoms. The van der Waals surface area contributed by atoms with Gasteiger partial charge in [-0.05, 0) is 30.4 Å². The van der Waals surface area contributed by atoms with Crippen LogP contribution in [0.1, 0.15) is 24.0 Å². The summed E-state index contributed by atoms with van der Waals surface area (Å²) in [6.07, 6.45) is 3.62. The monoisotopic (exact) mass is 203 g/mol. The van der Waals surface area contributed by atoms with Crippen molar-refractivity contribution in [3.63, 3.8) is 0 Å². The Labute approximate surface area is 90.6 Å². The third kappa shape index (κ3) is 1.48. The second kappa shape index (κ2) is 3.62. The molecule has 1 aromatic rings. The summed E-state index contributed by atoms with van der Waals surface area (Å²) in [5.74, 6) is 0. The van der Waals surface area contributed by atoms with Crippen molar-refractivity contribution >= 4 is 0 Å². The van der Waals surface area contributed by atoms with Crippen LogP contribution in [0.4, 0.5) is 0 Å². The predicted octanol–water partition coefficient (Wildman–Crippen LogP) is 1.84. The smallest absolute Gasteiger partial charge is 0.106 e. The van der Waals surface area contributed by atoms with E-state index >= 15 is 0 Å². The third-order valence-corrected chi connectivity index (χ3v) is 3.60. The standard InChI is InChI=1S/C13H17NO/c1-2-6-12-11(4-1)5-3-7-13(12)10-14-8-9-15-13/h1-2,4,6,14H,3,5,7-10H2/t13-/m1/s1. The summed E-state index contributed by atoms with van der Waals surface area (Å²) in [4.78, 5) is 0. The molecule has 1 fully saturated rings. The van der Waals surface area contributed by atoms with Crippen LogP contribution in [-0.4, -0.2) is 19.7 Å². The number of morpholine rings is 1. The molecular formula is C13H17NO. The van der Waals surface area contributed by atoms with Crippen molar-refractivity contribution in [2.75, 3.05) is 19.7 Å². The van der Waals surface area contributed by atoms with Gasteiger partial charge in [0.2, 0.25) is 0 Å². The van der Waals surface area contributed by atoms with Crippen molar-refractivity contribution in [2.45, 2.75) is 24.9 Å². The summed E-state index contributed by atoms with van der Waals surface area (Å²) >= 11 is 0. The Bertz CT molecular complexity index is 355. The van der Waals surface area contributed by atoms with E-state index in [1.54, 1.807) is 0 Å². The summed E-state index contributed by atoms with van der Waals surface area (Å²) in [5, 5.41) is 3.46. The van der Waals surface area contributed by atoms with Gasteiger partial charge in [0.1, 0.15) is 5.60 Å². The van der Waals surface area contributed by atoms with Crippen LogP contribution in [0.2, 0.25) is 0 Å². The predicted molar refractivity (Wildman–Crippen MR) is 59.9 cm³/mol. The molecule has 1 aliphatic heterocycles. The molecule has 1 heterocycles. The van der Waals surface area contributed by atoms with Gasteiger partial charge in [-0.1, -0.05) is 24.3 Å². The highest BCUT2D eigenvalue weighted by Gasteiger charge is 2.38. The highest BCUT2D eigenvalue weighted by molar-refractivity contribution is 5.35. The molecule has 0 radical (unpaired) electrons. The zero-order valence-electron chi connectivity index (χ0n) is 8.96. The average molecular weight is 203 g/mol. The third-order valence-electron chi connectivity index (χ3n) is 3.60. The fourth-order valence-electron chi connectivity index (χ4n) is 2.88. The lowest BCUT2D eigenvalue weighted by atomic mass is 9.78. The van der Waals surface area contributed by atoms with Gasteiger partial charge < -0.3 is 10.1 Å². The number of nitrogens with one attached hydrogen (secondary N) is 1. The zero-order chi connectivity index (χ0) is 10.1. The Morgan fingerprint density at radius 1 is 1.27 bits per heavy atom.